The number of azo groups is 1. The first kappa shape index (κ1) is 13.2. The molecule has 6 nitrogen and oxygen atoms in total. The molecule has 1 atom stereocenters. The summed E-state index contributed by atoms with van der Waals surface area (Å²) in [6.45, 7) is 3.56. The standard InChI is InChI=1S/C10H10N2O4S/c1-8(6-7-13)11-12-9-2-4-10(5-3-9)17(14,15)16/h2-8H,1H2,(H-,13,14,15,16)/p+1/b7-6-,12-11?. The molecule has 0 heterocycles. The van der Waals surface area contributed by atoms with Crippen molar-refractivity contribution in [3.05, 3.63) is 43.5 Å². The maximum absolute atomic E-state index is 10.8. The maximum atomic E-state index is 10.8. The maximum Gasteiger partial charge on any atom is 0.294 e. The normalized spacial score (nSPS) is 14.4. The van der Waals surface area contributed by atoms with E-state index in [4.69, 9.17) is 9.66 Å². The average Bonchev–Trinajstić information content (AvgIpc) is 2.26. The smallest absolute Gasteiger partial charge is 0.294 e. The first-order chi connectivity index (χ1) is 7.93. The Morgan fingerprint density at radius 3 is 2.35 bits per heavy atom. The van der Waals surface area contributed by atoms with Crippen LogP contribution in [0.2, 0.25) is 0 Å². The van der Waals surface area contributed by atoms with Gasteiger partial charge >= 0.3 is 0 Å². The summed E-state index contributed by atoms with van der Waals surface area (Å²) in [7, 11) is -4.19. The Bertz CT molecular complexity index is 520. The van der Waals surface area contributed by atoms with E-state index < -0.39 is 16.2 Å². The number of rotatable bonds is 4. The molecule has 17 heavy (non-hydrogen) atoms. The Morgan fingerprint density at radius 1 is 1.29 bits per heavy atom. The van der Waals surface area contributed by atoms with Crippen molar-refractivity contribution in [2.45, 2.75) is 10.9 Å². The van der Waals surface area contributed by atoms with Crippen molar-refractivity contribution in [1.29, 1.82) is 0 Å². The summed E-state index contributed by atoms with van der Waals surface area (Å²) in [6.07, 6.45) is 2.15. The van der Waals surface area contributed by atoms with Crippen molar-refractivity contribution in [2.24, 2.45) is 10.2 Å². The predicted octanol–water partition coefficient (Wildman–Crippen LogP) is 2.29. The van der Waals surface area contributed by atoms with E-state index in [1.54, 1.807) is 0 Å². The summed E-state index contributed by atoms with van der Waals surface area (Å²) in [4.78, 5) is -0.210. The molecule has 1 unspecified atom stereocenters. The highest BCUT2D eigenvalue weighted by molar-refractivity contribution is 7.85. The van der Waals surface area contributed by atoms with Crippen LogP contribution >= 0.6 is 0 Å². The number of nitrogens with zero attached hydrogens (tertiary/aromatic N) is 2. The van der Waals surface area contributed by atoms with Crippen LogP contribution in [0.25, 0.3) is 0 Å². The molecular formula is C10H11N2O4S+. The van der Waals surface area contributed by atoms with Crippen LogP contribution in [-0.4, -0.2) is 24.1 Å². The van der Waals surface area contributed by atoms with E-state index in [2.05, 4.69) is 17.2 Å². The van der Waals surface area contributed by atoms with E-state index in [0.29, 0.717) is 5.69 Å². The van der Waals surface area contributed by atoms with E-state index in [9.17, 15) is 8.42 Å². The molecule has 0 aliphatic rings. The second-order valence-corrected chi connectivity index (χ2v) is 4.51. The second-order valence-electron chi connectivity index (χ2n) is 3.09. The molecule has 0 radical (unpaired) electrons. The van der Waals surface area contributed by atoms with Crippen LogP contribution in [0.1, 0.15) is 0 Å². The van der Waals surface area contributed by atoms with Gasteiger partial charge in [-0.05, 0) is 24.3 Å². The highest BCUT2D eigenvalue weighted by Gasteiger charge is 2.08. The van der Waals surface area contributed by atoms with Crippen LogP contribution in [0.15, 0.2) is 51.7 Å². The fraction of sp³-hybridized carbons (Fsp3) is 0.100. The van der Waals surface area contributed by atoms with Gasteiger partial charge in [0.05, 0.1) is 23.8 Å². The Balaban J connectivity index is 2.82. The zero-order valence-corrected chi connectivity index (χ0v) is 9.58. The molecule has 0 aromatic heterocycles. The summed E-state index contributed by atoms with van der Waals surface area (Å²) in [5.41, 5.74) is 0.414. The minimum atomic E-state index is -4.19. The van der Waals surface area contributed by atoms with E-state index in [1.807, 2.05) is 0 Å². The largest absolute Gasteiger partial charge is 0.516 e. The van der Waals surface area contributed by atoms with Gasteiger partial charge in [-0.1, -0.05) is 0 Å². The molecule has 0 amide bonds. The molecular weight excluding hydrogens is 244 g/mol. The van der Waals surface area contributed by atoms with Gasteiger partial charge in [-0.3, -0.25) is 4.55 Å². The van der Waals surface area contributed by atoms with Gasteiger partial charge in [0.1, 0.15) is 0 Å². The SMILES string of the molecule is [CH2+]C(/C=C\O)N=Nc1ccc(S(=O)(=O)O)cc1. The highest BCUT2D eigenvalue weighted by atomic mass is 32.2. The van der Waals surface area contributed by atoms with Crippen LogP contribution in [-0.2, 0) is 10.1 Å². The van der Waals surface area contributed by atoms with Gasteiger partial charge < -0.3 is 5.11 Å². The van der Waals surface area contributed by atoms with Crippen LogP contribution in [0.4, 0.5) is 5.69 Å². The summed E-state index contributed by atoms with van der Waals surface area (Å²) in [6, 6.07) is 4.68. The summed E-state index contributed by atoms with van der Waals surface area (Å²) < 4.78 is 30.2. The fourth-order valence-electron chi connectivity index (χ4n) is 0.963. The van der Waals surface area contributed by atoms with Crippen LogP contribution in [0.5, 0.6) is 0 Å². The molecule has 90 valence electrons. The molecule has 0 spiro atoms. The van der Waals surface area contributed by atoms with Crippen molar-refractivity contribution in [1.82, 2.24) is 0 Å². The van der Waals surface area contributed by atoms with Gasteiger partial charge in [0, 0.05) is 6.08 Å². The number of aliphatic hydroxyl groups excluding tert-OH is 1. The van der Waals surface area contributed by atoms with Crippen molar-refractivity contribution >= 4 is 15.8 Å². The fourth-order valence-corrected chi connectivity index (χ4v) is 1.44. The molecule has 2 N–H and O–H groups in total. The molecule has 1 aromatic rings. The lowest BCUT2D eigenvalue weighted by molar-refractivity contribution is 0.470. The average molecular weight is 255 g/mol. The zero-order chi connectivity index (χ0) is 12.9. The van der Waals surface area contributed by atoms with Crippen molar-refractivity contribution in [3.63, 3.8) is 0 Å². The van der Waals surface area contributed by atoms with Crippen LogP contribution in [0, 0.1) is 6.92 Å². The van der Waals surface area contributed by atoms with Crippen LogP contribution in [0.3, 0.4) is 0 Å². The molecule has 0 saturated heterocycles. The molecule has 0 aliphatic carbocycles. The third kappa shape index (κ3) is 4.25. The number of hydrogen-bond acceptors (Lipinski definition) is 5. The predicted molar refractivity (Wildman–Crippen MR) is 61.7 cm³/mol. The van der Waals surface area contributed by atoms with Gasteiger partial charge in [0.15, 0.2) is 0 Å². The van der Waals surface area contributed by atoms with E-state index in [-0.39, 0.29) is 4.90 Å². The van der Waals surface area contributed by atoms with E-state index in [1.165, 1.54) is 30.3 Å². The van der Waals surface area contributed by atoms with Gasteiger partial charge in [0.2, 0.25) is 6.04 Å². The lowest BCUT2D eigenvalue weighted by Crippen LogP contribution is -1.96. The minimum absolute atomic E-state index is 0.210. The van der Waals surface area contributed by atoms with Gasteiger partial charge in [-0.15, -0.1) is 5.11 Å². The lowest BCUT2D eigenvalue weighted by Gasteiger charge is -1.96. The highest BCUT2D eigenvalue weighted by Crippen LogP contribution is 2.17. The third-order valence-electron chi connectivity index (χ3n) is 1.76. The quantitative estimate of drug-likeness (QED) is 0.373. The van der Waals surface area contributed by atoms with Gasteiger partial charge in [-0.2, -0.15) is 13.5 Å². The van der Waals surface area contributed by atoms with E-state index >= 15 is 0 Å². The summed E-state index contributed by atoms with van der Waals surface area (Å²) in [5.74, 6) is 0. The Morgan fingerprint density at radius 2 is 1.88 bits per heavy atom. The second kappa shape index (κ2) is 5.46. The zero-order valence-electron chi connectivity index (χ0n) is 8.76. The summed E-state index contributed by atoms with van der Waals surface area (Å²) in [5, 5.41) is 15.9. The molecule has 0 aliphatic heterocycles. The number of benzene rings is 1. The summed E-state index contributed by atoms with van der Waals surface area (Å²) >= 11 is 0. The Hall–Kier alpha value is -1.86. The van der Waals surface area contributed by atoms with Gasteiger partial charge in [-0.25, -0.2) is 0 Å². The molecule has 0 saturated carbocycles. The molecule has 7 heteroatoms. The van der Waals surface area contributed by atoms with Crippen LogP contribution < -0.4 is 0 Å². The lowest BCUT2D eigenvalue weighted by atomic mass is 10.3. The van der Waals surface area contributed by atoms with Crippen molar-refractivity contribution in [2.75, 3.05) is 0 Å². The monoisotopic (exact) mass is 255 g/mol. The minimum Gasteiger partial charge on any atom is -0.516 e. The molecule has 1 rings (SSSR count). The number of aliphatic hydroxyl groups is 1. The number of hydrogen-bond donors (Lipinski definition) is 2. The molecule has 0 bridgehead atoms. The topological polar surface area (TPSA) is 99.3 Å². The molecule has 1 aromatic carbocycles. The van der Waals surface area contributed by atoms with E-state index in [0.717, 1.165) is 6.26 Å². The Labute approximate surface area is 99.1 Å². The van der Waals surface area contributed by atoms with Gasteiger partial charge in [0.25, 0.3) is 10.1 Å². The van der Waals surface area contributed by atoms with Crippen molar-refractivity contribution in [3.8, 4) is 0 Å². The third-order valence-corrected chi connectivity index (χ3v) is 2.63. The first-order valence-corrected chi connectivity index (χ1v) is 6.00. The Kier molecular flexibility index (Phi) is 4.24. The first-order valence-electron chi connectivity index (χ1n) is 4.56. The molecule has 0 fully saturated rings. The van der Waals surface area contributed by atoms with Crippen molar-refractivity contribution < 1.29 is 18.1 Å².